The Bertz CT molecular complexity index is 185. The van der Waals surface area contributed by atoms with Crippen LogP contribution in [0.15, 0.2) is 0 Å². The average molecular weight is 152 g/mol. The SMILES string of the molecule is CCC(CC)C(=O)C12CC1C2. The second kappa shape index (κ2) is 2.09. The predicted octanol–water partition coefficient (Wildman–Crippen LogP) is 2.40. The van der Waals surface area contributed by atoms with Crippen LogP contribution >= 0.6 is 0 Å². The zero-order valence-electron chi connectivity index (χ0n) is 7.39. The smallest absolute Gasteiger partial charge is 0.142 e. The predicted molar refractivity (Wildman–Crippen MR) is 44.2 cm³/mol. The molecule has 0 amide bonds. The minimum atomic E-state index is 0.261. The van der Waals surface area contributed by atoms with Crippen molar-refractivity contribution in [3.63, 3.8) is 0 Å². The van der Waals surface area contributed by atoms with Gasteiger partial charge in [-0.1, -0.05) is 13.8 Å². The van der Waals surface area contributed by atoms with Gasteiger partial charge in [0, 0.05) is 11.3 Å². The Hall–Kier alpha value is -0.330. The zero-order chi connectivity index (χ0) is 8.06. The molecular formula is C10H16O. The van der Waals surface area contributed by atoms with Gasteiger partial charge in [-0.15, -0.1) is 0 Å². The minimum absolute atomic E-state index is 0.261. The largest absolute Gasteiger partial charge is 0.299 e. The van der Waals surface area contributed by atoms with Crippen LogP contribution in [0.3, 0.4) is 0 Å². The second-order valence-electron chi connectivity index (χ2n) is 4.14. The Morgan fingerprint density at radius 3 is 2.18 bits per heavy atom. The fraction of sp³-hybridized carbons (Fsp3) is 0.900. The topological polar surface area (TPSA) is 17.1 Å². The van der Waals surface area contributed by atoms with Crippen molar-refractivity contribution in [2.75, 3.05) is 0 Å². The molecule has 62 valence electrons. The Morgan fingerprint density at radius 2 is 1.91 bits per heavy atom. The van der Waals surface area contributed by atoms with Gasteiger partial charge in [-0.2, -0.15) is 0 Å². The molecule has 0 saturated heterocycles. The van der Waals surface area contributed by atoms with E-state index in [1.165, 1.54) is 12.8 Å². The van der Waals surface area contributed by atoms with Crippen LogP contribution in [-0.4, -0.2) is 5.78 Å². The summed E-state index contributed by atoms with van der Waals surface area (Å²) in [6.45, 7) is 4.25. The van der Waals surface area contributed by atoms with Gasteiger partial charge in [-0.3, -0.25) is 4.79 Å². The summed E-state index contributed by atoms with van der Waals surface area (Å²) < 4.78 is 0. The first-order valence-corrected chi connectivity index (χ1v) is 4.79. The van der Waals surface area contributed by atoms with Crippen LogP contribution < -0.4 is 0 Å². The molecule has 0 unspecified atom stereocenters. The van der Waals surface area contributed by atoms with Gasteiger partial charge in [-0.05, 0) is 31.6 Å². The molecule has 0 N–H and O–H groups in total. The maximum atomic E-state index is 11.7. The monoisotopic (exact) mass is 152 g/mol. The lowest BCUT2D eigenvalue weighted by atomic mass is 9.91. The maximum Gasteiger partial charge on any atom is 0.142 e. The van der Waals surface area contributed by atoms with Crippen LogP contribution in [0.2, 0.25) is 0 Å². The number of carbonyl (C=O) groups is 1. The lowest BCUT2D eigenvalue weighted by Crippen LogP contribution is -2.18. The summed E-state index contributed by atoms with van der Waals surface area (Å²) in [5, 5.41) is 0. The molecule has 2 fully saturated rings. The molecule has 0 aromatic rings. The first-order chi connectivity index (χ1) is 5.24. The van der Waals surface area contributed by atoms with Crippen molar-refractivity contribution in [3.05, 3.63) is 0 Å². The van der Waals surface area contributed by atoms with Crippen LogP contribution in [0.5, 0.6) is 0 Å². The van der Waals surface area contributed by atoms with Crippen molar-refractivity contribution < 1.29 is 4.79 Å². The minimum Gasteiger partial charge on any atom is -0.299 e. The van der Waals surface area contributed by atoms with E-state index >= 15 is 0 Å². The summed E-state index contributed by atoms with van der Waals surface area (Å²) in [4.78, 5) is 11.7. The van der Waals surface area contributed by atoms with Crippen molar-refractivity contribution in [2.45, 2.75) is 39.5 Å². The highest BCUT2D eigenvalue weighted by Gasteiger charge is 2.74. The molecule has 2 rings (SSSR count). The molecule has 0 aromatic heterocycles. The van der Waals surface area contributed by atoms with Gasteiger partial charge >= 0.3 is 0 Å². The van der Waals surface area contributed by atoms with Crippen molar-refractivity contribution in [1.29, 1.82) is 0 Å². The van der Waals surface area contributed by atoms with Gasteiger partial charge in [0.1, 0.15) is 5.78 Å². The van der Waals surface area contributed by atoms with Crippen LogP contribution in [-0.2, 0) is 4.79 Å². The molecule has 0 bridgehead atoms. The van der Waals surface area contributed by atoms with Crippen LogP contribution in [0.1, 0.15) is 39.5 Å². The molecule has 2 aliphatic rings. The van der Waals surface area contributed by atoms with Gasteiger partial charge in [-0.25, -0.2) is 0 Å². The van der Waals surface area contributed by atoms with Gasteiger partial charge in [0.05, 0.1) is 0 Å². The van der Waals surface area contributed by atoms with E-state index in [1.54, 1.807) is 0 Å². The number of carbonyl (C=O) groups excluding carboxylic acids is 1. The van der Waals surface area contributed by atoms with E-state index in [-0.39, 0.29) is 5.41 Å². The zero-order valence-corrected chi connectivity index (χ0v) is 7.39. The van der Waals surface area contributed by atoms with Crippen LogP contribution in [0.4, 0.5) is 0 Å². The summed E-state index contributed by atoms with van der Waals surface area (Å²) in [5.74, 6) is 1.80. The third kappa shape index (κ3) is 0.863. The summed E-state index contributed by atoms with van der Waals surface area (Å²) in [7, 11) is 0. The second-order valence-corrected chi connectivity index (χ2v) is 4.14. The van der Waals surface area contributed by atoms with Crippen molar-refractivity contribution in [1.82, 2.24) is 0 Å². The maximum absolute atomic E-state index is 11.7. The first kappa shape index (κ1) is 7.33. The number of hydrogen-bond donors (Lipinski definition) is 0. The molecule has 2 saturated carbocycles. The molecule has 0 radical (unpaired) electrons. The Morgan fingerprint density at radius 1 is 1.45 bits per heavy atom. The fourth-order valence-corrected chi connectivity index (χ4v) is 2.17. The number of hydrogen-bond acceptors (Lipinski definition) is 1. The highest BCUT2D eigenvalue weighted by Crippen LogP contribution is 2.76. The Kier molecular flexibility index (Phi) is 1.39. The summed E-state index contributed by atoms with van der Waals surface area (Å²) in [5.41, 5.74) is 0.261. The van der Waals surface area contributed by atoms with E-state index in [0.717, 1.165) is 18.8 Å². The number of fused-ring (bicyclic) bond motifs is 1. The fourth-order valence-electron chi connectivity index (χ4n) is 2.17. The average Bonchev–Trinajstić information content (AvgIpc) is 2.74. The van der Waals surface area contributed by atoms with Crippen molar-refractivity contribution in [3.8, 4) is 0 Å². The van der Waals surface area contributed by atoms with E-state index in [9.17, 15) is 4.79 Å². The van der Waals surface area contributed by atoms with E-state index in [4.69, 9.17) is 0 Å². The van der Waals surface area contributed by atoms with Crippen molar-refractivity contribution in [2.24, 2.45) is 17.3 Å². The molecule has 11 heavy (non-hydrogen) atoms. The molecule has 0 heterocycles. The lowest BCUT2D eigenvalue weighted by Gasteiger charge is -2.12. The highest BCUT2D eigenvalue weighted by atomic mass is 16.1. The first-order valence-electron chi connectivity index (χ1n) is 4.79. The highest BCUT2D eigenvalue weighted by molar-refractivity contribution is 5.93. The number of Topliss-reactive ketones (excluding diaryl/α,β-unsaturated/α-hetero) is 1. The Balaban J connectivity index is 1.97. The number of ketones is 1. The standard InChI is InChI=1S/C10H16O/c1-3-7(4-2)9(11)10-5-8(10)6-10/h7-8H,3-6H2,1-2H3. The quantitative estimate of drug-likeness (QED) is 0.604. The molecule has 0 atom stereocenters. The van der Waals surface area contributed by atoms with E-state index in [2.05, 4.69) is 13.8 Å². The molecule has 0 spiro atoms. The molecule has 0 aliphatic heterocycles. The van der Waals surface area contributed by atoms with E-state index in [0.29, 0.717) is 11.7 Å². The molecule has 1 nitrogen and oxygen atoms in total. The van der Waals surface area contributed by atoms with Gasteiger partial charge in [0.2, 0.25) is 0 Å². The third-order valence-electron chi connectivity index (χ3n) is 3.53. The van der Waals surface area contributed by atoms with Gasteiger partial charge < -0.3 is 0 Å². The van der Waals surface area contributed by atoms with Crippen LogP contribution in [0, 0.1) is 17.3 Å². The molecular weight excluding hydrogens is 136 g/mol. The lowest BCUT2D eigenvalue weighted by molar-refractivity contribution is -0.126. The Labute approximate surface area is 68.2 Å². The molecule has 1 heteroatoms. The summed E-state index contributed by atoms with van der Waals surface area (Å²) >= 11 is 0. The third-order valence-corrected chi connectivity index (χ3v) is 3.53. The van der Waals surface area contributed by atoms with E-state index < -0.39 is 0 Å². The molecule has 0 aromatic carbocycles. The van der Waals surface area contributed by atoms with Crippen LogP contribution in [0.25, 0.3) is 0 Å². The van der Waals surface area contributed by atoms with Gasteiger partial charge in [0.25, 0.3) is 0 Å². The summed E-state index contributed by atoms with van der Waals surface area (Å²) in [6.07, 6.45) is 4.54. The normalized spacial score (nSPS) is 38.6. The summed E-state index contributed by atoms with van der Waals surface area (Å²) in [6, 6.07) is 0. The molecule has 2 aliphatic carbocycles. The van der Waals surface area contributed by atoms with Crippen molar-refractivity contribution >= 4 is 5.78 Å². The van der Waals surface area contributed by atoms with Gasteiger partial charge in [0.15, 0.2) is 0 Å². The number of rotatable bonds is 4. The van der Waals surface area contributed by atoms with E-state index in [1.807, 2.05) is 0 Å².